The Balaban J connectivity index is 2.11. The summed E-state index contributed by atoms with van der Waals surface area (Å²) < 4.78 is 0. The summed E-state index contributed by atoms with van der Waals surface area (Å²) in [5, 5.41) is 0. The van der Waals surface area contributed by atoms with Crippen molar-refractivity contribution < 1.29 is 4.79 Å². The van der Waals surface area contributed by atoms with Crippen molar-refractivity contribution in [2.45, 2.75) is 32.1 Å². The van der Waals surface area contributed by atoms with E-state index in [0.29, 0.717) is 5.75 Å². The Labute approximate surface area is 110 Å². The Kier molecular flexibility index (Phi) is 7.69. The first-order valence-corrected chi connectivity index (χ1v) is 8.08. The fourth-order valence-corrected chi connectivity index (χ4v) is 2.72. The lowest BCUT2D eigenvalue weighted by Crippen LogP contribution is -2.32. The van der Waals surface area contributed by atoms with E-state index in [1.807, 2.05) is 18.2 Å². The topological polar surface area (TPSA) is 23.6 Å². The maximum absolute atomic E-state index is 11.6. The highest BCUT2D eigenvalue weighted by Gasteiger charge is 2.10. The van der Waals surface area contributed by atoms with Gasteiger partial charge in [0, 0.05) is 13.6 Å². The van der Waals surface area contributed by atoms with Gasteiger partial charge >= 0.3 is 0 Å². The molecule has 0 N–H and O–H groups in total. The predicted octanol–water partition coefficient (Wildman–Crippen LogP) is 2.07. The van der Waals surface area contributed by atoms with Crippen LogP contribution in [0.4, 0.5) is 0 Å². The van der Waals surface area contributed by atoms with Gasteiger partial charge in [0.1, 0.15) is 0 Å². The maximum Gasteiger partial charge on any atom is 0.232 e. The molecular formula is C13H26N2OS. The standard InChI is InChI=1S/C13H26N2OS/c1-14(13(16)12-17-2)8-7-11-15-9-5-3-4-6-10-15/h3-12H2,1-2H3. The molecule has 0 radical (unpaired) electrons. The number of hydrogen-bond donors (Lipinski definition) is 0. The average molecular weight is 258 g/mol. The molecule has 1 amide bonds. The molecule has 1 heterocycles. The maximum atomic E-state index is 11.6. The van der Waals surface area contributed by atoms with Crippen molar-refractivity contribution >= 4 is 17.7 Å². The lowest BCUT2D eigenvalue weighted by atomic mass is 10.2. The van der Waals surface area contributed by atoms with Gasteiger partial charge in [0.15, 0.2) is 0 Å². The minimum atomic E-state index is 0.258. The number of carbonyl (C=O) groups is 1. The number of amides is 1. The van der Waals surface area contributed by atoms with Crippen molar-refractivity contribution in [3.63, 3.8) is 0 Å². The monoisotopic (exact) mass is 258 g/mol. The second-order valence-corrected chi connectivity index (χ2v) is 5.72. The number of rotatable bonds is 6. The van der Waals surface area contributed by atoms with E-state index in [-0.39, 0.29) is 5.91 Å². The third kappa shape index (κ3) is 6.32. The van der Waals surface area contributed by atoms with Crippen molar-refractivity contribution in [1.82, 2.24) is 9.80 Å². The molecule has 1 rings (SSSR count). The Bertz CT molecular complexity index is 215. The zero-order valence-electron chi connectivity index (χ0n) is 11.3. The van der Waals surface area contributed by atoms with Crippen LogP contribution in [0, 0.1) is 0 Å². The van der Waals surface area contributed by atoms with Crippen LogP contribution in [0.5, 0.6) is 0 Å². The Morgan fingerprint density at radius 1 is 1.24 bits per heavy atom. The molecule has 0 bridgehead atoms. The van der Waals surface area contributed by atoms with Crippen LogP contribution in [0.2, 0.25) is 0 Å². The van der Waals surface area contributed by atoms with Crippen LogP contribution in [0.1, 0.15) is 32.1 Å². The molecular weight excluding hydrogens is 232 g/mol. The van der Waals surface area contributed by atoms with Crippen molar-refractivity contribution in [1.29, 1.82) is 0 Å². The van der Waals surface area contributed by atoms with E-state index in [0.717, 1.165) is 19.5 Å². The van der Waals surface area contributed by atoms with Gasteiger partial charge in [0.25, 0.3) is 0 Å². The zero-order valence-corrected chi connectivity index (χ0v) is 12.1. The third-order valence-electron chi connectivity index (χ3n) is 3.36. The van der Waals surface area contributed by atoms with E-state index in [4.69, 9.17) is 0 Å². The highest BCUT2D eigenvalue weighted by molar-refractivity contribution is 7.99. The van der Waals surface area contributed by atoms with Gasteiger partial charge in [-0.05, 0) is 45.2 Å². The Morgan fingerprint density at radius 3 is 2.47 bits per heavy atom. The first-order chi connectivity index (χ1) is 8.24. The molecule has 1 aliphatic rings. The van der Waals surface area contributed by atoms with Gasteiger partial charge in [0.2, 0.25) is 5.91 Å². The van der Waals surface area contributed by atoms with Crippen LogP contribution in [-0.4, -0.2) is 60.9 Å². The second-order valence-electron chi connectivity index (χ2n) is 4.86. The minimum absolute atomic E-state index is 0.258. The van der Waals surface area contributed by atoms with E-state index >= 15 is 0 Å². The lowest BCUT2D eigenvalue weighted by Gasteiger charge is -2.22. The summed E-state index contributed by atoms with van der Waals surface area (Å²) in [5.74, 6) is 0.869. The number of thioether (sulfide) groups is 1. The molecule has 0 atom stereocenters. The summed E-state index contributed by atoms with van der Waals surface area (Å²) in [7, 11) is 1.92. The zero-order chi connectivity index (χ0) is 12.5. The summed E-state index contributed by atoms with van der Waals surface area (Å²) >= 11 is 1.60. The van der Waals surface area contributed by atoms with Crippen LogP contribution >= 0.6 is 11.8 Å². The molecule has 4 heteroatoms. The Hall–Kier alpha value is -0.220. The number of hydrogen-bond acceptors (Lipinski definition) is 3. The summed E-state index contributed by atoms with van der Waals surface area (Å²) in [5.41, 5.74) is 0. The first-order valence-electron chi connectivity index (χ1n) is 6.69. The molecule has 0 spiro atoms. The number of likely N-dealkylation sites (tertiary alicyclic amines) is 1. The summed E-state index contributed by atoms with van der Waals surface area (Å²) in [6.45, 7) is 4.55. The van der Waals surface area contributed by atoms with Gasteiger partial charge in [-0.25, -0.2) is 0 Å². The molecule has 1 aliphatic heterocycles. The SMILES string of the molecule is CSCC(=O)N(C)CCCN1CCCCCC1. The van der Waals surface area contributed by atoms with Crippen LogP contribution in [0.3, 0.4) is 0 Å². The van der Waals surface area contributed by atoms with Gasteiger partial charge in [-0.2, -0.15) is 11.8 Å². The molecule has 0 aliphatic carbocycles. The lowest BCUT2D eigenvalue weighted by molar-refractivity contribution is -0.127. The van der Waals surface area contributed by atoms with E-state index in [1.54, 1.807) is 11.8 Å². The molecule has 17 heavy (non-hydrogen) atoms. The molecule has 1 saturated heterocycles. The van der Waals surface area contributed by atoms with E-state index in [9.17, 15) is 4.79 Å². The summed E-state index contributed by atoms with van der Waals surface area (Å²) in [6, 6.07) is 0. The van der Waals surface area contributed by atoms with E-state index in [2.05, 4.69) is 4.90 Å². The summed E-state index contributed by atoms with van der Waals surface area (Å²) in [4.78, 5) is 16.0. The smallest absolute Gasteiger partial charge is 0.232 e. The normalized spacial score (nSPS) is 17.8. The van der Waals surface area contributed by atoms with Gasteiger partial charge in [-0.15, -0.1) is 0 Å². The quantitative estimate of drug-likeness (QED) is 0.729. The first kappa shape index (κ1) is 14.8. The van der Waals surface area contributed by atoms with Crippen molar-refractivity contribution in [3.8, 4) is 0 Å². The fourth-order valence-electron chi connectivity index (χ4n) is 2.25. The number of nitrogens with zero attached hydrogens (tertiary/aromatic N) is 2. The van der Waals surface area contributed by atoms with Gasteiger partial charge in [-0.1, -0.05) is 12.8 Å². The van der Waals surface area contributed by atoms with Crippen LogP contribution < -0.4 is 0 Å². The number of carbonyl (C=O) groups excluding carboxylic acids is 1. The molecule has 100 valence electrons. The van der Waals surface area contributed by atoms with Crippen molar-refractivity contribution in [3.05, 3.63) is 0 Å². The second kappa shape index (κ2) is 8.81. The van der Waals surface area contributed by atoms with Crippen LogP contribution in [0.15, 0.2) is 0 Å². The van der Waals surface area contributed by atoms with Gasteiger partial charge in [-0.3, -0.25) is 4.79 Å². The van der Waals surface area contributed by atoms with Gasteiger partial charge in [0.05, 0.1) is 5.75 Å². The third-order valence-corrected chi connectivity index (χ3v) is 3.90. The highest BCUT2D eigenvalue weighted by atomic mass is 32.2. The van der Waals surface area contributed by atoms with Crippen molar-refractivity contribution in [2.75, 3.05) is 45.2 Å². The molecule has 1 fully saturated rings. The largest absolute Gasteiger partial charge is 0.345 e. The Morgan fingerprint density at radius 2 is 1.88 bits per heavy atom. The molecule has 0 saturated carbocycles. The highest BCUT2D eigenvalue weighted by Crippen LogP contribution is 2.09. The van der Waals surface area contributed by atoms with Crippen molar-refractivity contribution in [2.24, 2.45) is 0 Å². The summed E-state index contributed by atoms with van der Waals surface area (Å²) in [6.07, 6.45) is 8.56. The van der Waals surface area contributed by atoms with Crippen LogP contribution in [-0.2, 0) is 4.79 Å². The average Bonchev–Trinajstić information content (AvgIpc) is 2.58. The molecule has 0 aromatic rings. The van der Waals surface area contributed by atoms with E-state index in [1.165, 1.54) is 38.8 Å². The molecule has 3 nitrogen and oxygen atoms in total. The van der Waals surface area contributed by atoms with Crippen LogP contribution in [0.25, 0.3) is 0 Å². The van der Waals surface area contributed by atoms with E-state index < -0.39 is 0 Å². The predicted molar refractivity (Wildman–Crippen MR) is 75.5 cm³/mol. The van der Waals surface area contributed by atoms with Gasteiger partial charge < -0.3 is 9.80 Å². The molecule has 0 aromatic carbocycles. The molecule has 0 aromatic heterocycles. The molecule has 0 unspecified atom stereocenters. The fraction of sp³-hybridized carbons (Fsp3) is 0.923. The minimum Gasteiger partial charge on any atom is -0.345 e.